The summed E-state index contributed by atoms with van der Waals surface area (Å²) in [5.74, 6) is -1.78. The molecule has 3 N–H and O–H groups in total. The summed E-state index contributed by atoms with van der Waals surface area (Å²) in [5, 5.41) is 14.6. The van der Waals surface area contributed by atoms with Crippen LogP contribution in [-0.2, 0) is 9.59 Å². The molecule has 1 heterocycles. The van der Waals surface area contributed by atoms with Gasteiger partial charge in [0.25, 0.3) is 0 Å². The van der Waals surface area contributed by atoms with Crippen molar-refractivity contribution in [1.29, 1.82) is 0 Å². The number of nitrogens with one attached hydrogen (secondary N) is 2. The first-order valence-electron chi connectivity index (χ1n) is 9.14. The van der Waals surface area contributed by atoms with Crippen LogP contribution in [-0.4, -0.2) is 30.2 Å². The van der Waals surface area contributed by atoms with Gasteiger partial charge in [0.2, 0.25) is 0 Å². The number of hydrogen-bond donors (Lipinski definition) is 3. The van der Waals surface area contributed by atoms with E-state index in [1.165, 1.54) is 32.2 Å². The second kappa shape index (κ2) is 9.36. The van der Waals surface area contributed by atoms with Gasteiger partial charge in [-0.05, 0) is 36.3 Å². The van der Waals surface area contributed by atoms with Gasteiger partial charge in [0.05, 0.1) is 23.7 Å². The average molecular weight is 443 g/mol. The summed E-state index contributed by atoms with van der Waals surface area (Å²) in [7, 11) is 1.35. The molecule has 9 heteroatoms. The normalized spacial score (nSPS) is 16.0. The number of carboxylic acid groups (broad SMARTS) is 1. The van der Waals surface area contributed by atoms with E-state index in [1.54, 1.807) is 6.08 Å². The Bertz CT molecular complexity index is 1090. The van der Waals surface area contributed by atoms with Gasteiger partial charge < -0.3 is 25.2 Å². The van der Waals surface area contributed by atoms with E-state index >= 15 is 0 Å². The van der Waals surface area contributed by atoms with Gasteiger partial charge in [0.1, 0.15) is 0 Å². The van der Waals surface area contributed by atoms with Crippen LogP contribution in [0, 0.1) is 0 Å². The van der Waals surface area contributed by atoms with Crippen molar-refractivity contribution in [1.82, 2.24) is 10.6 Å². The number of carbonyl (C=O) groups is 3. The number of methoxy groups -OCH3 is 1. The van der Waals surface area contributed by atoms with Crippen molar-refractivity contribution >= 4 is 35.6 Å². The maximum atomic E-state index is 12.2. The largest absolute Gasteiger partial charge is 0.493 e. The Morgan fingerprint density at radius 2 is 1.90 bits per heavy atom. The molecule has 0 radical (unpaired) electrons. The van der Waals surface area contributed by atoms with Crippen molar-refractivity contribution in [2.75, 3.05) is 7.11 Å². The van der Waals surface area contributed by atoms with Crippen molar-refractivity contribution in [3.8, 4) is 11.5 Å². The molecule has 0 fully saturated rings. The minimum Gasteiger partial charge on any atom is -0.493 e. The molecular formula is C22H19ClN2O6. The molecule has 31 heavy (non-hydrogen) atoms. The minimum absolute atomic E-state index is 0.0194. The zero-order chi connectivity index (χ0) is 22.5. The first-order chi connectivity index (χ1) is 14.8. The van der Waals surface area contributed by atoms with Gasteiger partial charge >= 0.3 is 18.0 Å². The van der Waals surface area contributed by atoms with Crippen LogP contribution >= 0.6 is 11.6 Å². The summed E-state index contributed by atoms with van der Waals surface area (Å²) in [6.45, 7) is 1.49. The van der Waals surface area contributed by atoms with E-state index in [9.17, 15) is 19.5 Å². The molecule has 0 aliphatic carbocycles. The number of urea groups is 1. The summed E-state index contributed by atoms with van der Waals surface area (Å²) in [5.41, 5.74) is 1.33. The molecule has 3 rings (SSSR count). The average Bonchev–Trinajstić information content (AvgIpc) is 2.73. The van der Waals surface area contributed by atoms with Crippen LogP contribution in [0.3, 0.4) is 0 Å². The highest BCUT2D eigenvalue weighted by Crippen LogP contribution is 2.40. The van der Waals surface area contributed by atoms with E-state index in [4.69, 9.17) is 21.1 Å². The molecule has 1 unspecified atom stereocenters. The Hall–Kier alpha value is -3.78. The number of allylic oxidation sites excluding steroid dienone is 1. The molecule has 0 saturated heterocycles. The smallest absolute Gasteiger partial charge is 0.336 e. The van der Waals surface area contributed by atoms with Crippen molar-refractivity contribution in [3.63, 3.8) is 0 Å². The maximum Gasteiger partial charge on any atom is 0.336 e. The fourth-order valence-corrected chi connectivity index (χ4v) is 3.35. The van der Waals surface area contributed by atoms with E-state index in [2.05, 4.69) is 10.6 Å². The van der Waals surface area contributed by atoms with Crippen LogP contribution in [0.4, 0.5) is 4.79 Å². The predicted molar refractivity (Wildman–Crippen MR) is 114 cm³/mol. The topological polar surface area (TPSA) is 114 Å². The number of esters is 1. The number of rotatable bonds is 6. The number of benzene rings is 2. The lowest BCUT2D eigenvalue weighted by molar-refractivity contribution is -0.133. The highest BCUT2D eigenvalue weighted by Gasteiger charge is 2.32. The van der Waals surface area contributed by atoms with Crippen LogP contribution in [0.1, 0.15) is 24.1 Å². The van der Waals surface area contributed by atoms with E-state index in [1.807, 2.05) is 30.3 Å². The number of hydrogen-bond acceptors (Lipinski definition) is 5. The molecule has 2 aromatic rings. The van der Waals surface area contributed by atoms with Gasteiger partial charge in [-0.25, -0.2) is 14.4 Å². The number of amides is 2. The van der Waals surface area contributed by atoms with Gasteiger partial charge in [-0.3, -0.25) is 0 Å². The van der Waals surface area contributed by atoms with E-state index in [-0.39, 0.29) is 27.8 Å². The molecule has 1 aliphatic rings. The SMILES string of the molecule is COc1cc(C2NC(=O)NC(C)=C2C(=O)O)cc(Cl)c1OC(=O)C=Cc1ccccc1. The minimum atomic E-state index is -1.20. The Morgan fingerprint density at radius 3 is 2.55 bits per heavy atom. The predicted octanol–water partition coefficient (Wildman–Crippen LogP) is 3.68. The Balaban J connectivity index is 1.90. The van der Waals surface area contributed by atoms with Crippen LogP contribution in [0.2, 0.25) is 5.02 Å². The fraction of sp³-hybridized carbons (Fsp3) is 0.136. The molecule has 8 nitrogen and oxygen atoms in total. The third-order valence-corrected chi connectivity index (χ3v) is 4.78. The zero-order valence-corrected chi connectivity index (χ0v) is 17.4. The number of carboxylic acids is 1. The molecule has 0 bridgehead atoms. The Labute approximate surface area is 183 Å². The number of carbonyl (C=O) groups excluding carboxylic acids is 2. The second-order valence-corrected chi connectivity index (χ2v) is 6.98. The van der Waals surface area contributed by atoms with Gasteiger partial charge in [-0.15, -0.1) is 0 Å². The highest BCUT2D eigenvalue weighted by atomic mass is 35.5. The number of halogens is 1. The highest BCUT2D eigenvalue weighted by molar-refractivity contribution is 6.32. The van der Waals surface area contributed by atoms with E-state index < -0.39 is 24.0 Å². The number of ether oxygens (including phenoxy) is 2. The molecule has 160 valence electrons. The lowest BCUT2D eigenvalue weighted by atomic mass is 9.95. The second-order valence-electron chi connectivity index (χ2n) is 6.57. The van der Waals surface area contributed by atoms with Gasteiger partial charge in [-0.1, -0.05) is 41.9 Å². The van der Waals surface area contributed by atoms with E-state index in [0.717, 1.165) is 5.56 Å². The molecule has 0 spiro atoms. The molecule has 2 aromatic carbocycles. The first-order valence-corrected chi connectivity index (χ1v) is 9.52. The lowest BCUT2D eigenvalue weighted by Gasteiger charge is -2.27. The Kier molecular flexibility index (Phi) is 6.61. The molecular weight excluding hydrogens is 424 g/mol. The Morgan fingerprint density at radius 1 is 1.19 bits per heavy atom. The summed E-state index contributed by atoms with van der Waals surface area (Å²) < 4.78 is 10.6. The summed E-state index contributed by atoms with van der Waals surface area (Å²) in [6.07, 6.45) is 2.84. The molecule has 1 atom stereocenters. The van der Waals surface area contributed by atoms with Crippen LogP contribution in [0.5, 0.6) is 11.5 Å². The standard InChI is InChI=1S/C22H19ClN2O6/c1-12-18(21(27)28)19(25-22(29)24-12)14-10-15(23)20(16(11-14)30-2)31-17(26)9-8-13-6-4-3-5-7-13/h3-11,19H,1-2H3,(H,27,28)(H2,24,25,29). The monoisotopic (exact) mass is 442 g/mol. The molecule has 2 amide bonds. The fourth-order valence-electron chi connectivity index (χ4n) is 3.10. The van der Waals surface area contributed by atoms with Gasteiger partial charge in [-0.2, -0.15) is 0 Å². The van der Waals surface area contributed by atoms with Gasteiger partial charge in [0, 0.05) is 11.8 Å². The summed E-state index contributed by atoms with van der Waals surface area (Å²) >= 11 is 6.32. The van der Waals surface area contributed by atoms with Gasteiger partial charge in [0.15, 0.2) is 11.5 Å². The molecule has 0 saturated carbocycles. The van der Waals surface area contributed by atoms with Crippen molar-refractivity contribution in [2.45, 2.75) is 13.0 Å². The molecule has 0 aromatic heterocycles. The van der Waals surface area contributed by atoms with E-state index in [0.29, 0.717) is 5.56 Å². The summed E-state index contributed by atoms with van der Waals surface area (Å²) in [4.78, 5) is 35.8. The lowest BCUT2D eigenvalue weighted by Crippen LogP contribution is -2.45. The quantitative estimate of drug-likeness (QED) is 0.357. The third kappa shape index (κ3) is 5.04. The van der Waals surface area contributed by atoms with Crippen molar-refractivity contribution in [3.05, 3.63) is 76.0 Å². The first kappa shape index (κ1) is 21.9. The van der Waals surface area contributed by atoms with Crippen LogP contribution in [0.25, 0.3) is 6.08 Å². The molecule has 1 aliphatic heterocycles. The van der Waals surface area contributed by atoms with Crippen LogP contribution in [0.15, 0.2) is 59.8 Å². The zero-order valence-electron chi connectivity index (χ0n) is 16.6. The van der Waals surface area contributed by atoms with Crippen LogP contribution < -0.4 is 20.1 Å². The van der Waals surface area contributed by atoms with Crippen molar-refractivity contribution < 1.29 is 29.0 Å². The number of aliphatic carboxylic acids is 1. The third-order valence-electron chi connectivity index (χ3n) is 4.50. The summed E-state index contributed by atoms with van der Waals surface area (Å²) in [6, 6.07) is 10.5. The maximum absolute atomic E-state index is 12.2. The van der Waals surface area contributed by atoms with Crippen molar-refractivity contribution in [2.24, 2.45) is 0 Å².